The molecule has 0 aliphatic carbocycles. The van der Waals surface area contributed by atoms with E-state index in [1.54, 1.807) is 19.1 Å². The van der Waals surface area contributed by atoms with Gasteiger partial charge in [-0.2, -0.15) is 0 Å². The highest BCUT2D eigenvalue weighted by atomic mass is 16.5. The summed E-state index contributed by atoms with van der Waals surface area (Å²) >= 11 is 0. The summed E-state index contributed by atoms with van der Waals surface area (Å²) in [6, 6.07) is 3.27. The Kier molecular flexibility index (Phi) is 5.69. The largest absolute Gasteiger partial charge is 0.481 e. The van der Waals surface area contributed by atoms with Crippen LogP contribution in [0.25, 0.3) is 0 Å². The van der Waals surface area contributed by atoms with Crippen LogP contribution < -0.4 is 5.32 Å². The number of nitrogens with one attached hydrogen (secondary N) is 1. The normalized spacial score (nSPS) is 11.0. The smallest absolute Gasteiger partial charge is 0.339 e. The Morgan fingerprint density at radius 1 is 1.33 bits per heavy atom. The van der Waals surface area contributed by atoms with E-state index in [9.17, 15) is 14.7 Å². The maximum atomic E-state index is 11.5. The second kappa shape index (κ2) is 7.06. The van der Waals surface area contributed by atoms with Crippen molar-refractivity contribution in [3.05, 3.63) is 23.4 Å². The predicted octanol–water partition coefficient (Wildman–Crippen LogP) is 2.48. The fourth-order valence-electron chi connectivity index (χ4n) is 2.12. The minimum atomic E-state index is -0.817. The van der Waals surface area contributed by atoms with E-state index in [1.165, 1.54) is 7.11 Å². The van der Waals surface area contributed by atoms with Gasteiger partial charge in [-0.3, -0.25) is 4.79 Å². The molecule has 0 unspecified atom stereocenters. The second-order valence-corrected chi connectivity index (χ2v) is 4.97. The van der Waals surface area contributed by atoms with Crippen molar-refractivity contribution in [1.82, 2.24) is 4.98 Å². The maximum Gasteiger partial charge on any atom is 0.339 e. The highest BCUT2D eigenvalue weighted by Gasteiger charge is 2.34. The number of aliphatic carboxylic acids is 1. The van der Waals surface area contributed by atoms with E-state index in [0.717, 1.165) is 0 Å². The molecule has 0 spiro atoms. The molecule has 0 saturated heterocycles. The quantitative estimate of drug-likeness (QED) is 0.751. The number of aromatic nitrogens is 1. The van der Waals surface area contributed by atoms with Gasteiger partial charge in [-0.15, -0.1) is 0 Å². The third kappa shape index (κ3) is 3.71. The summed E-state index contributed by atoms with van der Waals surface area (Å²) in [5, 5.41) is 12.4. The van der Waals surface area contributed by atoms with E-state index in [-0.39, 0.29) is 0 Å². The zero-order valence-corrected chi connectivity index (χ0v) is 12.9. The van der Waals surface area contributed by atoms with Gasteiger partial charge < -0.3 is 15.2 Å². The van der Waals surface area contributed by atoms with E-state index in [4.69, 9.17) is 0 Å². The summed E-state index contributed by atoms with van der Waals surface area (Å²) in [4.78, 5) is 27.2. The Balaban J connectivity index is 2.87. The topological polar surface area (TPSA) is 88.5 Å². The number of esters is 1. The molecule has 0 radical (unpaired) electrons. The molecule has 6 nitrogen and oxygen atoms in total. The zero-order chi connectivity index (χ0) is 16.0. The second-order valence-electron chi connectivity index (χ2n) is 4.97. The molecule has 0 fully saturated rings. The summed E-state index contributed by atoms with van der Waals surface area (Å²) in [6.07, 6.45) is 1.07. The lowest BCUT2D eigenvalue weighted by Gasteiger charge is -2.27. The Morgan fingerprint density at radius 3 is 2.38 bits per heavy atom. The van der Waals surface area contributed by atoms with Gasteiger partial charge in [0.25, 0.3) is 0 Å². The highest BCUT2D eigenvalue weighted by molar-refractivity contribution is 5.90. The molecule has 0 atom stereocenters. The van der Waals surface area contributed by atoms with E-state index in [2.05, 4.69) is 15.0 Å². The van der Waals surface area contributed by atoms with Gasteiger partial charge in [-0.1, -0.05) is 13.8 Å². The Labute approximate surface area is 124 Å². The number of nitrogens with zero attached hydrogens (tertiary/aromatic N) is 1. The molecule has 2 N–H and O–H groups in total. The number of carboxylic acids is 1. The number of methoxy groups -OCH3 is 1. The van der Waals surface area contributed by atoms with Crippen molar-refractivity contribution in [2.75, 3.05) is 19.0 Å². The molecule has 6 heteroatoms. The fraction of sp³-hybridized carbons (Fsp3) is 0.533. The van der Waals surface area contributed by atoms with E-state index < -0.39 is 17.4 Å². The maximum absolute atomic E-state index is 11.5. The third-order valence-electron chi connectivity index (χ3n) is 3.91. The molecule has 0 aliphatic heterocycles. The molecule has 21 heavy (non-hydrogen) atoms. The first-order chi connectivity index (χ1) is 9.90. The average molecular weight is 294 g/mol. The molecule has 1 heterocycles. The number of carboxylic acid groups (broad SMARTS) is 1. The van der Waals surface area contributed by atoms with E-state index >= 15 is 0 Å². The number of carbonyl (C=O) groups is 2. The van der Waals surface area contributed by atoms with Crippen LogP contribution >= 0.6 is 0 Å². The van der Waals surface area contributed by atoms with Gasteiger partial charge in [-0.25, -0.2) is 9.78 Å². The molecule has 0 bridgehead atoms. The van der Waals surface area contributed by atoms with Gasteiger partial charge in [0, 0.05) is 6.54 Å². The van der Waals surface area contributed by atoms with Gasteiger partial charge in [0.15, 0.2) is 0 Å². The molecular formula is C15H22N2O4. The first kappa shape index (κ1) is 16.9. The van der Waals surface area contributed by atoms with Crippen molar-refractivity contribution < 1.29 is 19.4 Å². The summed E-state index contributed by atoms with van der Waals surface area (Å²) < 4.78 is 4.66. The van der Waals surface area contributed by atoms with Gasteiger partial charge in [0.1, 0.15) is 5.82 Å². The van der Waals surface area contributed by atoms with E-state index in [0.29, 0.717) is 36.5 Å². The number of rotatable bonds is 7. The van der Waals surface area contributed by atoms with Gasteiger partial charge in [0.05, 0.1) is 23.8 Å². The van der Waals surface area contributed by atoms with Gasteiger partial charge >= 0.3 is 11.9 Å². The Bertz CT molecular complexity index is 524. The fourth-order valence-corrected chi connectivity index (χ4v) is 2.12. The SMILES string of the molecule is CCC(CC)(CNc1ccc(C(=O)OC)c(C)n1)C(=O)O. The van der Waals surface area contributed by atoms with Crippen molar-refractivity contribution in [3.63, 3.8) is 0 Å². The Hall–Kier alpha value is -2.11. The monoisotopic (exact) mass is 294 g/mol. The number of ether oxygens (including phenoxy) is 1. The highest BCUT2D eigenvalue weighted by Crippen LogP contribution is 2.27. The first-order valence-corrected chi connectivity index (χ1v) is 6.93. The van der Waals surface area contributed by atoms with Gasteiger partial charge in [0.2, 0.25) is 0 Å². The van der Waals surface area contributed by atoms with Crippen molar-refractivity contribution in [1.29, 1.82) is 0 Å². The molecular weight excluding hydrogens is 272 g/mol. The zero-order valence-electron chi connectivity index (χ0n) is 12.9. The molecule has 116 valence electrons. The Morgan fingerprint density at radius 2 is 1.95 bits per heavy atom. The summed E-state index contributed by atoms with van der Waals surface area (Å²) in [5.41, 5.74) is 0.135. The molecule has 0 aromatic carbocycles. The lowest BCUT2D eigenvalue weighted by atomic mass is 9.82. The minimum absolute atomic E-state index is 0.291. The number of aryl methyl sites for hydroxylation is 1. The van der Waals surface area contributed by atoms with Crippen molar-refractivity contribution in [2.45, 2.75) is 33.6 Å². The van der Waals surface area contributed by atoms with Crippen LogP contribution in [-0.2, 0) is 9.53 Å². The predicted molar refractivity (Wildman–Crippen MR) is 79.5 cm³/mol. The average Bonchev–Trinajstić information content (AvgIpc) is 2.48. The van der Waals surface area contributed by atoms with Crippen LogP contribution in [0.2, 0.25) is 0 Å². The number of hydrogen-bond acceptors (Lipinski definition) is 5. The van der Waals surface area contributed by atoms with Crippen molar-refractivity contribution >= 4 is 17.8 Å². The van der Waals surface area contributed by atoms with Crippen LogP contribution in [-0.4, -0.2) is 35.7 Å². The van der Waals surface area contributed by atoms with Gasteiger partial charge in [-0.05, 0) is 31.9 Å². The number of pyridine rings is 1. The third-order valence-corrected chi connectivity index (χ3v) is 3.91. The van der Waals surface area contributed by atoms with Crippen molar-refractivity contribution in [3.8, 4) is 0 Å². The summed E-state index contributed by atoms with van der Waals surface area (Å²) in [5.74, 6) is -0.705. The molecule has 1 rings (SSSR count). The summed E-state index contributed by atoms with van der Waals surface area (Å²) in [6.45, 7) is 5.72. The lowest BCUT2D eigenvalue weighted by molar-refractivity contribution is -0.148. The van der Waals surface area contributed by atoms with E-state index in [1.807, 2.05) is 13.8 Å². The van der Waals surface area contributed by atoms with Crippen LogP contribution in [0.4, 0.5) is 5.82 Å². The van der Waals surface area contributed by atoms with Crippen LogP contribution in [0.5, 0.6) is 0 Å². The van der Waals surface area contributed by atoms with Crippen LogP contribution in [0.15, 0.2) is 12.1 Å². The summed E-state index contributed by atoms with van der Waals surface area (Å²) in [7, 11) is 1.32. The first-order valence-electron chi connectivity index (χ1n) is 6.93. The number of hydrogen-bond donors (Lipinski definition) is 2. The number of carbonyl (C=O) groups excluding carboxylic acids is 1. The standard InChI is InChI=1S/C15H22N2O4/c1-5-15(6-2,14(19)20)9-16-12-8-7-11(10(3)17-12)13(18)21-4/h7-8H,5-6,9H2,1-4H3,(H,16,17)(H,19,20). The molecule has 1 aromatic heterocycles. The number of anilines is 1. The van der Waals surface area contributed by atoms with Crippen LogP contribution in [0.3, 0.4) is 0 Å². The molecule has 0 saturated carbocycles. The molecule has 0 aliphatic rings. The lowest BCUT2D eigenvalue weighted by Crippen LogP contribution is -2.37. The minimum Gasteiger partial charge on any atom is -0.481 e. The van der Waals surface area contributed by atoms with Crippen LogP contribution in [0.1, 0.15) is 42.7 Å². The van der Waals surface area contributed by atoms with Crippen molar-refractivity contribution in [2.24, 2.45) is 5.41 Å². The molecule has 1 aromatic rings. The molecule has 0 amide bonds. The van der Waals surface area contributed by atoms with Crippen LogP contribution in [0, 0.1) is 12.3 Å².